The van der Waals surface area contributed by atoms with Gasteiger partial charge in [0.25, 0.3) is 5.91 Å². The number of nitrogens with zero attached hydrogens (tertiary/aromatic N) is 2. The van der Waals surface area contributed by atoms with Gasteiger partial charge in [0.05, 0.1) is 17.9 Å². The number of aliphatic hydroxyl groups is 3. The first kappa shape index (κ1) is 29.5. The Bertz CT molecular complexity index is 1740. The van der Waals surface area contributed by atoms with E-state index in [4.69, 9.17) is 10.5 Å². The average molecular weight is 602 g/mol. The van der Waals surface area contributed by atoms with Gasteiger partial charge in [-0.2, -0.15) is 0 Å². The predicted octanol–water partition coefficient (Wildman–Crippen LogP) is 2.09. The maximum atomic E-state index is 14.2. The van der Waals surface area contributed by atoms with Crippen molar-refractivity contribution in [2.45, 2.75) is 37.3 Å². The Hall–Kier alpha value is -4.61. The summed E-state index contributed by atoms with van der Waals surface area (Å²) in [5.41, 5.74) is 5.53. The highest BCUT2D eigenvalue weighted by atomic mass is 16.5. The normalized spacial score (nSPS) is 26.0. The molecule has 2 aromatic rings. The second-order valence-electron chi connectivity index (χ2n) is 12.5. The van der Waals surface area contributed by atoms with Crippen molar-refractivity contribution in [3.05, 3.63) is 81.3 Å². The van der Waals surface area contributed by atoms with E-state index in [9.17, 15) is 34.8 Å². The number of hydrogen-bond acceptors (Lipinski definition) is 10. The molecule has 0 bridgehead atoms. The van der Waals surface area contributed by atoms with E-state index in [1.54, 1.807) is 20.4 Å². The van der Waals surface area contributed by atoms with Crippen LogP contribution in [0.3, 0.4) is 0 Å². The van der Waals surface area contributed by atoms with E-state index in [0.717, 1.165) is 22.6 Å². The number of allylic oxidation sites excluding steroid dienone is 1. The molecule has 4 atom stereocenters. The summed E-state index contributed by atoms with van der Waals surface area (Å²) in [6.45, 7) is 0. The highest BCUT2D eigenvalue weighted by molar-refractivity contribution is 6.24. The third-order valence-electron chi connectivity index (χ3n) is 9.42. The summed E-state index contributed by atoms with van der Waals surface area (Å²) in [7, 11) is 6.82. The molecule has 1 amide bonds. The van der Waals surface area contributed by atoms with Crippen molar-refractivity contribution < 1.29 is 39.5 Å². The smallest absolute Gasteiger partial charge is 0.255 e. The maximum Gasteiger partial charge on any atom is 0.255 e. The lowest BCUT2D eigenvalue weighted by atomic mass is 9.57. The zero-order valence-electron chi connectivity index (χ0n) is 24.9. The van der Waals surface area contributed by atoms with Crippen LogP contribution in [0.4, 0.5) is 5.69 Å². The Morgan fingerprint density at radius 2 is 1.82 bits per heavy atom. The van der Waals surface area contributed by atoms with Crippen LogP contribution in [-0.4, -0.2) is 82.6 Å². The van der Waals surface area contributed by atoms with Crippen LogP contribution in [0.5, 0.6) is 11.5 Å². The van der Waals surface area contributed by atoms with Gasteiger partial charge in [0.15, 0.2) is 11.4 Å². The summed E-state index contributed by atoms with van der Waals surface area (Å²) in [4.78, 5) is 43.1. The van der Waals surface area contributed by atoms with Crippen LogP contribution < -0.4 is 15.4 Å². The molecule has 1 aliphatic heterocycles. The highest BCUT2D eigenvalue weighted by Crippen LogP contribution is 2.54. The minimum atomic E-state index is -2.68. The number of phenolic OH excluding ortho intramolecular Hbond substituents is 1. The van der Waals surface area contributed by atoms with E-state index in [-0.39, 0.29) is 29.7 Å². The van der Waals surface area contributed by atoms with Crippen molar-refractivity contribution in [3.63, 3.8) is 0 Å². The minimum Gasteiger partial charge on any atom is -0.508 e. The van der Waals surface area contributed by atoms with Gasteiger partial charge in [-0.1, -0.05) is 18.2 Å². The predicted molar refractivity (Wildman–Crippen MR) is 161 cm³/mol. The number of likely N-dealkylation sites (N-methyl/N-ethyl adjacent to an activating group) is 1. The molecule has 11 heteroatoms. The molecule has 6 N–H and O–H groups in total. The van der Waals surface area contributed by atoms with Crippen LogP contribution in [0.2, 0.25) is 0 Å². The van der Waals surface area contributed by atoms with E-state index >= 15 is 0 Å². The molecule has 1 saturated carbocycles. The van der Waals surface area contributed by atoms with Crippen molar-refractivity contribution in [1.82, 2.24) is 4.90 Å². The van der Waals surface area contributed by atoms with Crippen LogP contribution in [0.1, 0.15) is 28.7 Å². The van der Waals surface area contributed by atoms with E-state index < -0.39 is 58.0 Å². The van der Waals surface area contributed by atoms with Gasteiger partial charge in [0.2, 0.25) is 5.78 Å². The number of primary amides is 1. The van der Waals surface area contributed by atoms with Crippen LogP contribution in [0.15, 0.2) is 59.1 Å². The molecule has 0 saturated heterocycles. The number of rotatable bonds is 5. The van der Waals surface area contributed by atoms with Crippen molar-refractivity contribution in [3.8, 4) is 11.5 Å². The zero-order chi connectivity index (χ0) is 31.8. The van der Waals surface area contributed by atoms with E-state index in [1.165, 1.54) is 4.90 Å². The number of Topliss-reactive ketones (excluding diaryl/α,β-unsaturated/α-hetero) is 2. The minimum absolute atomic E-state index is 0.0325. The summed E-state index contributed by atoms with van der Waals surface area (Å²) in [5, 5.41) is 46.3. The highest BCUT2D eigenvalue weighted by Gasteiger charge is 2.64. The number of carbonyl (C=O) groups is 3. The quantitative estimate of drug-likeness (QED) is 0.319. The van der Waals surface area contributed by atoms with Gasteiger partial charge in [-0.25, -0.2) is 0 Å². The molecule has 4 aliphatic rings. The maximum absolute atomic E-state index is 14.2. The van der Waals surface area contributed by atoms with E-state index in [2.05, 4.69) is 0 Å². The standard InChI is InChI=1S/C33H35N3O8/c1-35(2)21-13-18(10-15-9-16-7-5-6-8-22(16)44-14-15)27(37)24-19(21)11-17-12-20-26(36(3)4)29(39)25(32(34)42)31(41)33(20,43)30(40)23(17)28(24)38/h5-8,13-14,17,20,26,37-38,41,43H,9-12H2,1-4H3,(H2,34,42)/t17-,20-,26-,33-/m0/s1. The molecule has 1 heterocycles. The largest absolute Gasteiger partial charge is 0.508 e. The summed E-state index contributed by atoms with van der Waals surface area (Å²) in [5.74, 6) is -5.92. The second-order valence-corrected chi connectivity index (χ2v) is 12.5. The van der Waals surface area contributed by atoms with Crippen LogP contribution in [-0.2, 0) is 33.6 Å². The van der Waals surface area contributed by atoms with Crippen molar-refractivity contribution in [2.24, 2.45) is 17.6 Å². The molecule has 0 aromatic heterocycles. The van der Waals surface area contributed by atoms with Gasteiger partial charge in [-0.05, 0) is 61.7 Å². The van der Waals surface area contributed by atoms with Gasteiger partial charge < -0.3 is 35.8 Å². The monoisotopic (exact) mass is 601 g/mol. The molecule has 0 spiro atoms. The number of aliphatic hydroxyl groups excluding tert-OH is 2. The summed E-state index contributed by atoms with van der Waals surface area (Å²) >= 11 is 0. The fraction of sp³-hybridized carbons (Fsp3) is 0.364. The molecule has 6 rings (SSSR count). The van der Waals surface area contributed by atoms with Gasteiger partial charge >= 0.3 is 0 Å². The number of carbonyl (C=O) groups excluding carboxylic acids is 3. The molecule has 0 unspecified atom stereocenters. The molecule has 44 heavy (non-hydrogen) atoms. The Morgan fingerprint density at radius 3 is 2.48 bits per heavy atom. The topological polar surface area (TPSA) is 174 Å². The van der Waals surface area contributed by atoms with Gasteiger partial charge in [-0.15, -0.1) is 0 Å². The number of fused-ring (bicyclic) bond motifs is 4. The summed E-state index contributed by atoms with van der Waals surface area (Å²) in [6, 6.07) is 8.39. The summed E-state index contributed by atoms with van der Waals surface area (Å²) < 4.78 is 5.80. The molecule has 3 aliphatic carbocycles. The van der Waals surface area contributed by atoms with Gasteiger partial charge in [0, 0.05) is 49.7 Å². The number of phenols is 1. The lowest BCUT2D eigenvalue weighted by Gasteiger charge is -2.50. The third kappa shape index (κ3) is 4.14. The number of benzene rings is 2. The van der Waals surface area contributed by atoms with Crippen molar-refractivity contribution in [2.75, 3.05) is 33.1 Å². The fourth-order valence-corrected chi connectivity index (χ4v) is 7.43. The average Bonchev–Trinajstić information content (AvgIpc) is 2.95. The van der Waals surface area contributed by atoms with E-state index in [0.29, 0.717) is 24.0 Å². The second kappa shape index (κ2) is 10.2. The van der Waals surface area contributed by atoms with E-state index in [1.807, 2.05) is 49.3 Å². The van der Waals surface area contributed by atoms with Gasteiger partial charge in [-0.3, -0.25) is 19.3 Å². The number of ketones is 2. The van der Waals surface area contributed by atoms with Crippen LogP contribution >= 0.6 is 0 Å². The fourth-order valence-electron chi connectivity index (χ4n) is 7.43. The van der Waals surface area contributed by atoms with Crippen LogP contribution in [0, 0.1) is 11.8 Å². The molecule has 2 aromatic carbocycles. The number of ether oxygens (including phenoxy) is 1. The summed E-state index contributed by atoms with van der Waals surface area (Å²) in [6.07, 6.45) is 2.81. The number of aromatic hydroxyl groups is 1. The molecule has 0 radical (unpaired) electrons. The van der Waals surface area contributed by atoms with Crippen LogP contribution in [0.25, 0.3) is 5.76 Å². The Labute approximate surface area is 254 Å². The SMILES string of the molecule is CN(C)c1cc(CC2=COc3ccccc3C2)c(O)c2c1C[C@H]1C[C@H]3[C@H](N(C)C)C(=O)C(C(N)=O)=C(O)[C@@]3(O)C(=O)C1=C2O. The number of nitrogens with two attached hydrogens (primary N) is 1. The first-order chi connectivity index (χ1) is 20.8. The molecule has 1 fully saturated rings. The molecule has 11 nitrogen and oxygen atoms in total. The molecule has 230 valence electrons. The lowest BCUT2D eigenvalue weighted by molar-refractivity contribution is -0.153. The number of amides is 1. The Balaban J connectivity index is 1.48. The van der Waals surface area contributed by atoms with Crippen molar-refractivity contribution >= 4 is 28.9 Å². The Morgan fingerprint density at radius 1 is 1.11 bits per heavy atom. The lowest BCUT2D eigenvalue weighted by Crippen LogP contribution is -2.65. The third-order valence-corrected chi connectivity index (χ3v) is 9.42. The van der Waals surface area contributed by atoms with Gasteiger partial charge in [0.1, 0.15) is 28.6 Å². The number of para-hydroxylation sites is 1. The first-order valence-electron chi connectivity index (χ1n) is 14.4. The number of anilines is 1. The zero-order valence-corrected chi connectivity index (χ0v) is 24.9. The molecular weight excluding hydrogens is 566 g/mol. The Kier molecular flexibility index (Phi) is 6.86. The van der Waals surface area contributed by atoms with Crippen molar-refractivity contribution in [1.29, 1.82) is 0 Å². The number of hydrogen-bond donors (Lipinski definition) is 5. The first-order valence-corrected chi connectivity index (χ1v) is 14.4. The molecular formula is C33H35N3O8.